The van der Waals surface area contributed by atoms with Crippen molar-refractivity contribution in [3.05, 3.63) is 11.3 Å². The average Bonchev–Trinajstić information content (AvgIpc) is 2.51. The second-order valence-corrected chi connectivity index (χ2v) is 4.50. The van der Waals surface area contributed by atoms with E-state index in [2.05, 4.69) is 31.2 Å². The SMILES string of the molecule is CC(C)(C)n1nc(N)c2c1CNC2. The molecular weight excluding hydrogens is 164 g/mol. The van der Waals surface area contributed by atoms with Crippen LogP contribution >= 0.6 is 0 Å². The van der Waals surface area contributed by atoms with Crippen molar-refractivity contribution < 1.29 is 0 Å². The standard InChI is InChI=1S/C9H16N4/c1-9(2,3)13-7-5-11-4-6(7)8(10)12-13/h11H,4-5H2,1-3H3,(H2,10,12). The third-order valence-corrected chi connectivity index (χ3v) is 2.35. The molecule has 0 spiro atoms. The summed E-state index contributed by atoms with van der Waals surface area (Å²) in [5.41, 5.74) is 8.26. The number of nitrogens with one attached hydrogen (secondary N) is 1. The average molecular weight is 180 g/mol. The van der Waals surface area contributed by atoms with Crippen LogP contribution in [0.3, 0.4) is 0 Å². The number of rotatable bonds is 0. The molecule has 0 saturated carbocycles. The van der Waals surface area contributed by atoms with Crippen LogP contribution in [0.5, 0.6) is 0 Å². The summed E-state index contributed by atoms with van der Waals surface area (Å²) in [7, 11) is 0. The van der Waals surface area contributed by atoms with Gasteiger partial charge in [0.15, 0.2) is 0 Å². The lowest BCUT2D eigenvalue weighted by atomic mass is 10.1. The maximum Gasteiger partial charge on any atom is 0.150 e. The Hall–Kier alpha value is -1.03. The molecule has 0 radical (unpaired) electrons. The summed E-state index contributed by atoms with van der Waals surface area (Å²) in [5.74, 6) is 0.676. The zero-order chi connectivity index (χ0) is 9.64. The summed E-state index contributed by atoms with van der Waals surface area (Å²) in [4.78, 5) is 0. The first kappa shape index (κ1) is 8.56. The molecule has 1 aliphatic heterocycles. The maximum atomic E-state index is 5.82. The van der Waals surface area contributed by atoms with Gasteiger partial charge in [-0.1, -0.05) is 0 Å². The third-order valence-electron chi connectivity index (χ3n) is 2.35. The molecule has 4 heteroatoms. The summed E-state index contributed by atoms with van der Waals surface area (Å²) in [6, 6.07) is 0. The van der Waals surface area contributed by atoms with Gasteiger partial charge < -0.3 is 11.1 Å². The number of nitrogens with zero attached hydrogens (tertiary/aromatic N) is 2. The van der Waals surface area contributed by atoms with E-state index in [0.29, 0.717) is 5.82 Å². The second kappa shape index (κ2) is 2.48. The number of hydrogen-bond acceptors (Lipinski definition) is 3. The van der Waals surface area contributed by atoms with Gasteiger partial charge in [-0.3, -0.25) is 4.68 Å². The summed E-state index contributed by atoms with van der Waals surface area (Å²) in [6.07, 6.45) is 0. The number of aromatic nitrogens is 2. The van der Waals surface area contributed by atoms with E-state index in [1.807, 2.05) is 4.68 Å². The van der Waals surface area contributed by atoms with Crippen LogP contribution in [-0.4, -0.2) is 9.78 Å². The van der Waals surface area contributed by atoms with Crippen LogP contribution in [0, 0.1) is 0 Å². The Morgan fingerprint density at radius 1 is 1.38 bits per heavy atom. The van der Waals surface area contributed by atoms with Gasteiger partial charge in [-0.25, -0.2) is 0 Å². The zero-order valence-corrected chi connectivity index (χ0v) is 8.39. The minimum atomic E-state index is 0.0216. The first-order valence-corrected chi connectivity index (χ1v) is 4.57. The molecule has 0 fully saturated rings. The lowest BCUT2D eigenvalue weighted by Crippen LogP contribution is -2.26. The van der Waals surface area contributed by atoms with E-state index in [-0.39, 0.29) is 5.54 Å². The highest BCUT2D eigenvalue weighted by atomic mass is 15.4. The van der Waals surface area contributed by atoms with Gasteiger partial charge >= 0.3 is 0 Å². The van der Waals surface area contributed by atoms with E-state index in [4.69, 9.17) is 5.73 Å². The molecule has 0 atom stereocenters. The number of hydrogen-bond donors (Lipinski definition) is 2. The fraction of sp³-hybridized carbons (Fsp3) is 0.667. The first-order chi connectivity index (χ1) is 6.00. The van der Waals surface area contributed by atoms with Crippen LogP contribution in [0.4, 0.5) is 5.82 Å². The summed E-state index contributed by atoms with van der Waals surface area (Å²) < 4.78 is 2.03. The third kappa shape index (κ3) is 1.21. The molecule has 0 aliphatic carbocycles. The quantitative estimate of drug-likeness (QED) is 0.621. The van der Waals surface area contributed by atoms with E-state index in [0.717, 1.165) is 13.1 Å². The largest absolute Gasteiger partial charge is 0.382 e. The van der Waals surface area contributed by atoms with Gasteiger partial charge in [0.05, 0.1) is 11.2 Å². The van der Waals surface area contributed by atoms with Gasteiger partial charge in [0.1, 0.15) is 5.82 Å². The normalized spacial score (nSPS) is 16.2. The van der Waals surface area contributed by atoms with Crippen molar-refractivity contribution in [1.82, 2.24) is 15.1 Å². The summed E-state index contributed by atoms with van der Waals surface area (Å²) in [6.45, 7) is 8.15. The van der Waals surface area contributed by atoms with Crippen LogP contribution in [0.25, 0.3) is 0 Å². The highest BCUT2D eigenvalue weighted by Gasteiger charge is 2.26. The fourth-order valence-electron chi connectivity index (χ4n) is 1.74. The minimum Gasteiger partial charge on any atom is -0.382 e. The molecule has 0 aromatic carbocycles. The van der Waals surface area contributed by atoms with E-state index in [9.17, 15) is 0 Å². The number of nitrogen functional groups attached to an aromatic ring is 1. The van der Waals surface area contributed by atoms with Crippen LogP contribution < -0.4 is 11.1 Å². The summed E-state index contributed by atoms with van der Waals surface area (Å²) in [5, 5.41) is 7.64. The second-order valence-electron chi connectivity index (χ2n) is 4.50. The number of nitrogens with two attached hydrogens (primary N) is 1. The van der Waals surface area contributed by atoms with Crippen molar-refractivity contribution in [3.8, 4) is 0 Å². The number of fused-ring (bicyclic) bond motifs is 1. The van der Waals surface area contributed by atoms with Crippen molar-refractivity contribution in [1.29, 1.82) is 0 Å². The number of anilines is 1. The smallest absolute Gasteiger partial charge is 0.150 e. The highest BCUT2D eigenvalue weighted by Crippen LogP contribution is 2.26. The van der Waals surface area contributed by atoms with Crippen LogP contribution in [0.15, 0.2) is 0 Å². The predicted octanol–water partition coefficient (Wildman–Crippen LogP) is 0.824. The molecule has 3 N–H and O–H groups in total. The van der Waals surface area contributed by atoms with Crippen LogP contribution in [0.1, 0.15) is 32.0 Å². The van der Waals surface area contributed by atoms with Gasteiger partial charge in [-0.2, -0.15) is 5.10 Å². The van der Waals surface area contributed by atoms with Gasteiger partial charge in [0.25, 0.3) is 0 Å². The lowest BCUT2D eigenvalue weighted by molar-refractivity contribution is 0.344. The molecule has 4 nitrogen and oxygen atoms in total. The lowest BCUT2D eigenvalue weighted by Gasteiger charge is -2.21. The Morgan fingerprint density at radius 2 is 2.08 bits per heavy atom. The minimum absolute atomic E-state index is 0.0216. The van der Waals surface area contributed by atoms with E-state index in [1.165, 1.54) is 11.3 Å². The molecule has 0 saturated heterocycles. The molecule has 2 heterocycles. The Balaban J connectivity index is 2.55. The summed E-state index contributed by atoms with van der Waals surface area (Å²) >= 11 is 0. The molecular formula is C9H16N4. The Morgan fingerprint density at radius 3 is 2.69 bits per heavy atom. The van der Waals surface area contributed by atoms with Gasteiger partial charge in [0.2, 0.25) is 0 Å². The van der Waals surface area contributed by atoms with Crippen molar-refractivity contribution in [2.24, 2.45) is 0 Å². The molecule has 0 bridgehead atoms. The van der Waals surface area contributed by atoms with Gasteiger partial charge in [-0.15, -0.1) is 0 Å². The molecule has 13 heavy (non-hydrogen) atoms. The zero-order valence-electron chi connectivity index (χ0n) is 8.39. The molecule has 0 unspecified atom stereocenters. The topological polar surface area (TPSA) is 55.9 Å². The Bertz CT molecular complexity index is 332. The van der Waals surface area contributed by atoms with Crippen LogP contribution in [-0.2, 0) is 18.6 Å². The molecule has 0 amide bonds. The van der Waals surface area contributed by atoms with Crippen molar-refractivity contribution >= 4 is 5.82 Å². The fourth-order valence-corrected chi connectivity index (χ4v) is 1.74. The maximum absolute atomic E-state index is 5.82. The van der Waals surface area contributed by atoms with Gasteiger partial charge in [0, 0.05) is 18.7 Å². The van der Waals surface area contributed by atoms with Crippen molar-refractivity contribution in [2.75, 3.05) is 5.73 Å². The van der Waals surface area contributed by atoms with Gasteiger partial charge in [-0.05, 0) is 20.8 Å². The molecule has 1 aromatic heterocycles. The predicted molar refractivity (Wildman–Crippen MR) is 52.2 cm³/mol. The Kier molecular flexibility index (Phi) is 1.63. The van der Waals surface area contributed by atoms with E-state index >= 15 is 0 Å². The van der Waals surface area contributed by atoms with Crippen LogP contribution in [0.2, 0.25) is 0 Å². The van der Waals surface area contributed by atoms with Crippen molar-refractivity contribution in [2.45, 2.75) is 39.4 Å². The molecule has 1 aliphatic rings. The monoisotopic (exact) mass is 180 g/mol. The molecule has 72 valence electrons. The highest BCUT2D eigenvalue weighted by molar-refractivity contribution is 5.45. The van der Waals surface area contributed by atoms with E-state index in [1.54, 1.807) is 0 Å². The Labute approximate surface area is 78.1 Å². The van der Waals surface area contributed by atoms with Crippen molar-refractivity contribution in [3.63, 3.8) is 0 Å². The van der Waals surface area contributed by atoms with E-state index < -0.39 is 0 Å². The molecule has 1 aromatic rings. The first-order valence-electron chi connectivity index (χ1n) is 4.57. The molecule has 2 rings (SSSR count).